The molecule has 130 valence electrons. The lowest BCUT2D eigenvalue weighted by molar-refractivity contribution is 0.633. The van der Waals surface area contributed by atoms with Crippen LogP contribution in [0.2, 0.25) is 0 Å². The number of anilines is 3. The molecule has 0 aromatic carbocycles. The van der Waals surface area contributed by atoms with Gasteiger partial charge in [-0.05, 0) is 38.5 Å². The van der Waals surface area contributed by atoms with Crippen LogP contribution in [0.1, 0.15) is 23.7 Å². The predicted molar refractivity (Wildman–Crippen MR) is 99.0 cm³/mol. The van der Waals surface area contributed by atoms with Crippen LogP contribution in [-0.4, -0.2) is 47.7 Å². The zero-order valence-electron chi connectivity index (χ0n) is 15.0. The van der Waals surface area contributed by atoms with Gasteiger partial charge in [-0.3, -0.25) is 0 Å². The van der Waals surface area contributed by atoms with Crippen molar-refractivity contribution in [1.82, 2.24) is 15.0 Å². The van der Waals surface area contributed by atoms with E-state index in [0.29, 0.717) is 5.56 Å². The molecule has 1 fully saturated rings. The van der Waals surface area contributed by atoms with Gasteiger partial charge >= 0.3 is 0 Å². The van der Waals surface area contributed by atoms with Gasteiger partial charge in [0.1, 0.15) is 17.7 Å². The Balaban J connectivity index is 1.75. The molecule has 0 bridgehead atoms. The summed E-state index contributed by atoms with van der Waals surface area (Å²) in [6.07, 6.45) is 1.78. The maximum absolute atomic E-state index is 9.48. The Morgan fingerprint density at radius 1 is 1.16 bits per heavy atom. The van der Waals surface area contributed by atoms with Crippen LogP contribution >= 0.6 is 0 Å². The molecule has 0 atom stereocenters. The number of nitriles is 1. The minimum Gasteiger partial charge on any atom is -0.370 e. The van der Waals surface area contributed by atoms with Crippen molar-refractivity contribution in [3.8, 4) is 6.07 Å². The fraction of sp³-hybridized carbons (Fsp3) is 0.444. The quantitative estimate of drug-likeness (QED) is 0.915. The molecule has 7 nitrogen and oxygen atoms in total. The second-order valence-electron chi connectivity index (χ2n) is 6.14. The van der Waals surface area contributed by atoms with E-state index in [4.69, 9.17) is 0 Å². The molecular formula is C18H23N7. The number of nitrogens with zero attached hydrogens (tertiary/aromatic N) is 6. The van der Waals surface area contributed by atoms with Gasteiger partial charge in [0, 0.05) is 44.6 Å². The average Bonchev–Trinajstić information content (AvgIpc) is 2.62. The summed E-state index contributed by atoms with van der Waals surface area (Å²) < 4.78 is 0. The van der Waals surface area contributed by atoms with Crippen LogP contribution in [-0.2, 0) is 0 Å². The van der Waals surface area contributed by atoms with Crippen molar-refractivity contribution >= 4 is 17.6 Å². The van der Waals surface area contributed by atoms with Crippen LogP contribution in [0.4, 0.5) is 17.6 Å². The Bertz CT molecular complexity index is 788. The zero-order chi connectivity index (χ0) is 17.8. The number of aryl methyl sites for hydroxylation is 2. The largest absolute Gasteiger partial charge is 0.370 e. The van der Waals surface area contributed by atoms with Crippen molar-refractivity contribution in [2.24, 2.45) is 0 Å². The Labute approximate surface area is 148 Å². The average molecular weight is 337 g/mol. The standard InChI is InChI=1S/C18H23N7/c1-4-20-16-5-6-21-18(23-16)25-9-7-24(8-10-25)17-15(12-19)13(2)11-14(3)22-17/h5-6,11H,4,7-10H2,1-3H3,(H,20,21,23). The smallest absolute Gasteiger partial charge is 0.227 e. The van der Waals surface area contributed by atoms with Crippen molar-refractivity contribution < 1.29 is 0 Å². The second kappa shape index (κ2) is 7.34. The first kappa shape index (κ1) is 17.0. The van der Waals surface area contributed by atoms with Crippen molar-refractivity contribution in [1.29, 1.82) is 5.26 Å². The van der Waals surface area contributed by atoms with E-state index in [2.05, 4.69) is 36.1 Å². The summed E-state index contributed by atoms with van der Waals surface area (Å²) in [4.78, 5) is 17.9. The third-order valence-corrected chi connectivity index (χ3v) is 4.30. The van der Waals surface area contributed by atoms with E-state index in [0.717, 1.165) is 61.6 Å². The molecule has 25 heavy (non-hydrogen) atoms. The monoisotopic (exact) mass is 337 g/mol. The molecule has 7 heteroatoms. The Morgan fingerprint density at radius 2 is 1.88 bits per heavy atom. The van der Waals surface area contributed by atoms with E-state index < -0.39 is 0 Å². The summed E-state index contributed by atoms with van der Waals surface area (Å²) in [7, 11) is 0. The number of aromatic nitrogens is 3. The SMILES string of the molecule is CCNc1ccnc(N2CCN(c3nc(C)cc(C)c3C#N)CC2)n1. The molecule has 0 unspecified atom stereocenters. The van der Waals surface area contributed by atoms with Gasteiger partial charge in [-0.1, -0.05) is 0 Å². The van der Waals surface area contributed by atoms with Gasteiger partial charge in [-0.2, -0.15) is 10.2 Å². The Kier molecular flexibility index (Phi) is 4.98. The summed E-state index contributed by atoms with van der Waals surface area (Å²) in [5.41, 5.74) is 2.59. The molecule has 3 heterocycles. The highest BCUT2D eigenvalue weighted by molar-refractivity contribution is 5.59. The molecule has 1 aliphatic rings. The summed E-state index contributed by atoms with van der Waals surface area (Å²) in [5.74, 6) is 2.38. The van der Waals surface area contributed by atoms with E-state index >= 15 is 0 Å². The molecule has 1 N–H and O–H groups in total. The van der Waals surface area contributed by atoms with Crippen molar-refractivity contribution in [3.05, 3.63) is 35.2 Å². The summed E-state index contributed by atoms with van der Waals surface area (Å²) >= 11 is 0. The highest BCUT2D eigenvalue weighted by Crippen LogP contribution is 2.24. The topological polar surface area (TPSA) is 81.0 Å². The Hall–Kier alpha value is -2.88. The van der Waals surface area contributed by atoms with Gasteiger partial charge in [0.25, 0.3) is 0 Å². The van der Waals surface area contributed by atoms with E-state index in [1.54, 1.807) is 6.20 Å². The fourth-order valence-electron chi connectivity index (χ4n) is 3.08. The third kappa shape index (κ3) is 3.63. The molecule has 2 aromatic heterocycles. The Morgan fingerprint density at radius 3 is 2.56 bits per heavy atom. The van der Waals surface area contributed by atoms with Gasteiger partial charge in [-0.25, -0.2) is 9.97 Å². The van der Waals surface area contributed by atoms with Crippen LogP contribution in [0.5, 0.6) is 0 Å². The maximum Gasteiger partial charge on any atom is 0.227 e. The van der Waals surface area contributed by atoms with E-state index in [-0.39, 0.29) is 0 Å². The molecule has 1 aliphatic heterocycles. The first-order valence-electron chi connectivity index (χ1n) is 8.57. The second-order valence-corrected chi connectivity index (χ2v) is 6.14. The van der Waals surface area contributed by atoms with Gasteiger partial charge in [0.05, 0.1) is 5.56 Å². The van der Waals surface area contributed by atoms with Crippen molar-refractivity contribution in [2.45, 2.75) is 20.8 Å². The fourth-order valence-corrected chi connectivity index (χ4v) is 3.08. The molecule has 3 rings (SSSR count). The van der Waals surface area contributed by atoms with E-state index in [9.17, 15) is 5.26 Å². The lowest BCUT2D eigenvalue weighted by Crippen LogP contribution is -2.47. The van der Waals surface area contributed by atoms with E-state index in [1.165, 1.54) is 0 Å². The molecule has 0 spiro atoms. The van der Waals surface area contributed by atoms with Crippen LogP contribution in [0, 0.1) is 25.2 Å². The molecule has 0 radical (unpaired) electrons. The lowest BCUT2D eigenvalue weighted by atomic mass is 10.1. The van der Waals surface area contributed by atoms with Gasteiger partial charge < -0.3 is 15.1 Å². The molecule has 0 aliphatic carbocycles. The molecule has 0 amide bonds. The minimum absolute atomic E-state index is 0.671. The number of pyridine rings is 1. The van der Waals surface area contributed by atoms with Crippen molar-refractivity contribution in [3.63, 3.8) is 0 Å². The minimum atomic E-state index is 0.671. The molecule has 0 saturated carbocycles. The van der Waals surface area contributed by atoms with Crippen LogP contribution < -0.4 is 15.1 Å². The number of nitrogens with one attached hydrogen (secondary N) is 1. The van der Waals surface area contributed by atoms with E-state index in [1.807, 2.05) is 32.9 Å². The first-order chi connectivity index (χ1) is 12.1. The summed E-state index contributed by atoms with van der Waals surface area (Å²) in [6.45, 7) is 9.99. The highest BCUT2D eigenvalue weighted by atomic mass is 15.3. The van der Waals surface area contributed by atoms with Gasteiger partial charge in [-0.15, -0.1) is 0 Å². The molecular weight excluding hydrogens is 314 g/mol. The number of piperazine rings is 1. The summed E-state index contributed by atoms with van der Waals surface area (Å²) in [5, 5.41) is 12.7. The number of hydrogen-bond donors (Lipinski definition) is 1. The first-order valence-corrected chi connectivity index (χ1v) is 8.57. The number of hydrogen-bond acceptors (Lipinski definition) is 7. The normalized spacial score (nSPS) is 14.3. The van der Waals surface area contributed by atoms with Crippen molar-refractivity contribution in [2.75, 3.05) is 47.8 Å². The molecule has 2 aromatic rings. The lowest BCUT2D eigenvalue weighted by Gasteiger charge is -2.36. The number of rotatable bonds is 4. The van der Waals surface area contributed by atoms with Crippen LogP contribution in [0.25, 0.3) is 0 Å². The maximum atomic E-state index is 9.48. The zero-order valence-corrected chi connectivity index (χ0v) is 15.0. The predicted octanol–water partition coefficient (Wildman–Crippen LogP) is 2.12. The van der Waals surface area contributed by atoms with Gasteiger partial charge in [0.2, 0.25) is 5.95 Å². The van der Waals surface area contributed by atoms with Crippen LogP contribution in [0.3, 0.4) is 0 Å². The third-order valence-electron chi connectivity index (χ3n) is 4.30. The molecule has 1 saturated heterocycles. The summed E-state index contributed by atoms with van der Waals surface area (Å²) in [6, 6.07) is 6.14. The van der Waals surface area contributed by atoms with Gasteiger partial charge in [0.15, 0.2) is 0 Å². The van der Waals surface area contributed by atoms with Crippen LogP contribution in [0.15, 0.2) is 18.3 Å². The highest BCUT2D eigenvalue weighted by Gasteiger charge is 2.23.